The van der Waals surface area contributed by atoms with Crippen molar-refractivity contribution in [1.29, 1.82) is 0 Å². The lowest BCUT2D eigenvalue weighted by Crippen LogP contribution is -2.05. The molecule has 0 N–H and O–H groups in total. The second kappa shape index (κ2) is 6.19. The fraction of sp³-hybridized carbons (Fsp3) is 0.250. The molecule has 0 aliphatic heterocycles. The summed E-state index contributed by atoms with van der Waals surface area (Å²) in [6, 6.07) is 8.51. The van der Waals surface area contributed by atoms with E-state index in [4.69, 9.17) is 9.15 Å². The molecule has 0 bridgehead atoms. The van der Waals surface area contributed by atoms with Gasteiger partial charge in [-0.3, -0.25) is 9.59 Å². The van der Waals surface area contributed by atoms with Crippen LogP contribution in [0.15, 0.2) is 41.0 Å². The summed E-state index contributed by atoms with van der Waals surface area (Å²) in [6.45, 7) is 1.88. The number of aryl methyl sites for hydroxylation is 1. The maximum absolute atomic E-state index is 12.0. The van der Waals surface area contributed by atoms with E-state index in [1.54, 1.807) is 37.4 Å². The van der Waals surface area contributed by atoms with Crippen LogP contribution in [0.5, 0.6) is 5.75 Å². The van der Waals surface area contributed by atoms with Gasteiger partial charge in [-0.05, 0) is 42.8 Å². The van der Waals surface area contributed by atoms with E-state index in [9.17, 15) is 9.59 Å². The number of methoxy groups -OCH3 is 1. The zero-order chi connectivity index (χ0) is 14.5. The molecule has 0 saturated heterocycles. The van der Waals surface area contributed by atoms with Gasteiger partial charge in [0.25, 0.3) is 0 Å². The molecule has 104 valence electrons. The average Bonchev–Trinajstić information content (AvgIpc) is 2.98. The molecule has 0 unspecified atom stereocenters. The van der Waals surface area contributed by atoms with E-state index < -0.39 is 0 Å². The number of benzene rings is 1. The van der Waals surface area contributed by atoms with Crippen LogP contribution in [-0.2, 0) is 0 Å². The first-order chi connectivity index (χ1) is 9.61. The third kappa shape index (κ3) is 3.15. The first kappa shape index (κ1) is 14.1. The molecular formula is C16H16O4. The van der Waals surface area contributed by atoms with E-state index in [1.165, 1.54) is 6.26 Å². The van der Waals surface area contributed by atoms with Crippen molar-refractivity contribution in [3.05, 3.63) is 53.5 Å². The normalized spacial score (nSPS) is 10.3. The standard InChI is InChI=1S/C16H16O4/c1-11-10-12(5-8-15(11)19-2)13(17)6-7-14(18)16-4-3-9-20-16/h3-5,8-10H,6-7H2,1-2H3. The van der Waals surface area contributed by atoms with E-state index in [0.717, 1.165) is 11.3 Å². The Kier molecular flexibility index (Phi) is 4.35. The van der Waals surface area contributed by atoms with E-state index in [2.05, 4.69) is 0 Å². The molecule has 20 heavy (non-hydrogen) atoms. The van der Waals surface area contributed by atoms with E-state index in [-0.39, 0.29) is 24.4 Å². The fourth-order valence-corrected chi connectivity index (χ4v) is 1.98. The van der Waals surface area contributed by atoms with Crippen LogP contribution < -0.4 is 4.74 Å². The first-order valence-corrected chi connectivity index (χ1v) is 6.36. The Hall–Kier alpha value is -2.36. The Morgan fingerprint density at radius 2 is 1.90 bits per heavy atom. The number of ether oxygens (including phenoxy) is 1. The van der Waals surface area contributed by atoms with Gasteiger partial charge in [-0.15, -0.1) is 0 Å². The van der Waals surface area contributed by atoms with Crippen LogP contribution in [0.3, 0.4) is 0 Å². The van der Waals surface area contributed by atoms with Crippen LogP contribution in [0.25, 0.3) is 0 Å². The number of hydrogen-bond acceptors (Lipinski definition) is 4. The van der Waals surface area contributed by atoms with Crippen molar-refractivity contribution in [3.8, 4) is 5.75 Å². The number of carbonyl (C=O) groups excluding carboxylic acids is 2. The second-order valence-corrected chi connectivity index (χ2v) is 4.51. The van der Waals surface area contributed by atoms with Gasteiger partial charge in [0.2, 0.25) is 0 Å². The molecule has 0 aliphatic rings. The Bertz CT molecular complexity index is 611. The quantitative estimate of drug-likeness (QED) is 0.756. The molecule has 0 amide bonds. The van der Waals surface area contributed by atoms with Crippen LogP contribution in [0.4, 0.5) is 0 Å². The van der Waals surface area contributed by atoms with Crippen molar-refractivity contribution in [2.45, 2.75) is 19.8 Å². The lowest BCUT2D eigenvalue weighted by molar-refractivity contribution is 0.0902. The third-order valence-electron chi connectivity index (χ3n) is 3.09. The maximum atomic E-state index is 12.0. The van der Waals surface area contributed by atoms with Gasteiger partial charge in [0.1, 0.15) is 5.75 Å². The van der Waals surface area contributed by atoms with Gasteiger partial charge in [0, 0.05) is 18.4 Å². The molecule has 2 rings (SSSR count). The summed E-state index contributed by atoms with van der Waals surface area (Å²) in [4.78, 5) is 23.8. The minimum Gasteiger partial charge on any atom is -0.496 e. The summed E-state index contributed by atoms with van der Waals surface area (Å²) < 4.78 is 10.2. The third-order valence-corrected chi connectivity index (χ3v) is 3.09. The Morgan fingerprint density at radius 3 is 2.50 bits per heavy atom. The van der Waals surface area contributed by atoms with Crippen molar-refractivity contribution >= 4 is 11.6 Å². The summed E-state index contributed by atoms with van der Waals surface area (Å²) in [5.74, 6) is 0.821. The highest BCUT2D eigenvalue weighted by Crippen LogP contribution is 2.20. The van der Waals surface area contributed by atoms with E-state index >= 15 is 0 Å². The highest BCUT2D eigenvalue weighted by molar-refractivity contribution is 6.01. The summed E-state index contributed by atoms with van der Waals surface area (Å²) in [5.41, 5.74) is 1.49. The molecule has 1 heterocycles. The molecule has 4 heteroatoms. The van der Waals surface area contributed by atoms with Crippen molar-refractivity contribution in [1.82, 2.24) is 0 Å². The smallest absolute Gasteiger partial charge is 0.198 e. The number of Topliss-reactive ketones (excluding diaryl/α,β-unsaturated/α-hetero) is 2. The van der Waals surface area contributed by atoms with Gasteiger partial charge >= 0.3 is 0 Å². The Balaban J connectivity index is 1.98. The lowest BCUT2D eigenvalue weighted by atomic mass is 10.0. The fourth-order valence-electron chi connectivity index (χ4n) is 1.98. The predicted molar refractivity (Wildman–Crippen MR) is 74.3 cm³/mol. The SMILES string of the molecule is COc1ccc(C(=O)CCC(=O)c2ccco2)cc1C. The Morgan fingerprint density at radius 1 is 1.15 bits per heavy atom. The molecular weight excluding hydrogens is 256 g/mol. The molecule has 0 fully saturated rings. The van der Waals surface area contributed by atoms with Crippen molar-refractivity contribution in [2.75, 3.05) is 7.11 Å². The second-order valence-electron chi connectivity index (χ2n) is 4.51. The molecule has 0 aliphatic carbocycles. The monoisotopic (exact) mass is 272 g/mol. The van der Waals surface area contributed by atoms with Crippen LogP contribution in [0.1, 0.15) is 39.3 Å². The van der Waals surface area contributed by atoms with Crippen LogP contribution in [0.2, 0.25) is 0 Å². The van der Waals surface area contributed by atoms with Crippen molar-refractivity contribution < 1.29 is 18.7 Å². The average molecular weight is 272 g/mol. The maximum Gasteiger partial charge on any atom is 0.198 e. The number of carbonyl (C=O) groups is 2. The zero-order valence-corrected chi connectivity index (χ0v) is 11.5. The molecule has 0 spiro atoms. The first-order valence-electron chi connectivity index (χ1n) is 6.36. The molecule has 2 aromatic rings. The topological polar surface area (TPSA) is 56.5 Å². The van der Waals surface area contributed by atoms with Gasteiger partial charge < -0.3 is 9.15 Å². The molecule has 1 aromatic carbocycles. The summed E-state index contributed by atoms with van der Waals surface area (Å²) in [7, 11) is 1.59. The molecule has 4 nitrogen and oxygen atoms in total. The van der Waals surface area contributed by atoms with E-state index in [1.807, 2.05) is 6.92 Å². The number of hydrogen-bond donors (Lipinski definition) is 0. The summed E-state index contributed by atoms with van der Waals surface area (Å²) in [5, 5.41) is 0. The lowest BCUT2D eigenvalue weighted by Gasteiger charge is -2.06. The highest BCUT2D eigenvalue weighted by atomic mass is 16.5. The Labute approximate surface area is 117 Å². The molecule has 1 aromatic heterocycles. The van der Waals surface area contributed by atoms with Gasteiger partial charge in [-0.25, -0.2) is 0 Å². The van der Waals surface area contributed by atoms with E-state index in [0.29, 0.717) is 11.3 Å². The summed E-state index contributed by atoms with van der Waals surface area (Å²) >= 11 is 0. The highest BCUT2D eigenvalue weighted by Gasteiger charge is 2.13. The largest absolute Gasteiger partial charge is 0.496 e. The van der Waals surface area contributed by atoms with Crippen LogP contribution in [0, 0.1) is 6.92 Å². The van der Waals surface area contributed by atoms with Crippen molar-refractivity contribution in [3.63, 3.8) is 0 Å². The number of rotatable bonds is 6. The zero-order valence-electron chi connectivity index (χ0n) is 11.5. The molecule has 0 saturated carbocycles. The predicted octanol–water partition coefficient (Wildman–Crippen LogP) is 3.44. The van der Waals surface area contributed by atoms with Gasteiger partial charge in [-0.2, -0.15) is 0 Å². The molecule has 0 atom stereocenters. The van der Waals surface area contributed by atoms with Gasteiger partial charge in [0.05, 0.1) is 13.4 Å². The summed E-state index contributed by atoms with van der Waals surface area (Å²) in [6.07, 6.45) is 1.77. The minimum absolute atomic E-state index is 0.0596. The molecule has 0 radical (unpaired) electrons. The number of furan rings is 1. The minimum atomic E-state index is -0.159. The van der Waals surface area contributed by atoms with Gasteiger partial charge in [0.15, 0.2) is 17.3 Å². The van der Waals surface area contributed by atoms with Crippen LogP contribution in [-0.4, -0.2) is 18.7 Å². The van der Waals surface area contributed by atoms with Crippen LogP contribution >= 0.6 is 0 Å². The van der Waals surface area contributed by atoms with Crippen molar-refractivity contribution in [2.24, 2.45) is 0 Å². The number of ketones is 2. The van der Waals surface area contributed by atoms with Gasteiger partial charge in [-0.1, -0.05) is 0 Å².